The van der Waals surface area contributed by atoms with Gasteiger partial charge < -0.3 is 19.7 Å². The zero-order chi connectivity index (χ0) is 19.1. The number of ether oxygens (including phenoxy) is 2. The second-order valence-electron chi connectivity index (χ2n) is 5.69. The summed E-state index contributed by atoms with van der Waals surface area (Å²) < 4.78 is 10.5. The van der Waals surface area contributed by atoms with E-state index in [2.05, 4.69) is 5.32 Å². The van der Waals surface area contributed by atoms with Crippen molar-refractivity contribution in [1.29, 1.82) is 0 Å². The van der Waals surface area contributed by atoms with Crippen LogP contribution in [-0.4, -0.2) is 45.0 Å². The Balaban J connectivity index is 2.37. The second kappa shape index (κ2) is 8.71. The smallest absolute Gasteiger partial charge is 0.269 e. The quantitative estimate of drug-likeness (QED) is 0.810. The predicted octanol–water partition coefficient (Wildman–Crippen LogP) is 2.56. The molecule has 0 unspecified atom stereocenters. The number of carbonyl (C=O) groups is 2. The maximum atomic E-state index is 12.5. The molecule has 0 saturated heterocycles. The number of hydrogen-bond acceptors (Lipinski definition) is 4. The molecule has 0 atom stereocenters. The lowest BCUT2D eigenvalue weighted by atomic mass is 10.1. The molecule has 6 heteroatoms. The van der Waals surface area contributed by atoms with E-state index in [1.54, 1.807) is 69.7 Å². The largest absolute Gasteiger partial charge is 0.493 e. The molecule has 1 N–H and O–H groups in total. The normalized spacial score (nSPS) is 10.8. The van der Waals surface area contributed by atoms with Crippen molar-refractivity contribution in [1.82, 2.24) is 10.2 Å². The Hall–Kier alpha value is -3.28. The Morgan fingerprint density at radius 3 is 2.19 bits per heavy atom. The summed E-state index contributed by atoms with van der Waals surface area (Å²) in [5.41, 5.74) is 1.33. The number of nitrogens with one attached hydrogen (secondary N) is 1. The molecule has 6 nitrogen and oxygen atoms in total. The van der Waals surface area contributed by atoms with Crippen molar-refractivity contribution < 1.29 is 19.1 Å². The molecule has 2 rings (SSSR count). The van der Waals surface area contributed by atoms with Crippen LogP contribution in [0, 0.1) is 0 Å². The highest BCUT2D eigenvalue weighted by molar-refractivity contribution is 6.05. The van der Waals surface area contributed by atoms with Crippen molar-refractivity contribution >= 4 is 17.9 Å². The molecule has 2 amide bonds. The van der Waals surface area contributed by atoms with Gasteiger partial charge >= 0.3 is 0 Å². The van der Waals surface area contributed by atoms with Crippen molar-refractivity contribution in [2.24, 2.45) is 0 Å². The number of amides is 2. The van der Waals surface area contributed by atoms with Crippen LogP contribution in [0.15, 0.2) is 54.2 Å². The van der Waals surface area contributed by atoms with Crippen molar-refractivity contribution in [2.45, 2.75) is 0 Å². The maximum Gasteiger partial charge on any atom is 0.269 e. The molecule has 0 aliphatic heterocycles. The van der Waals surface area contributed by atoms with Crippen molar-refractivity contribution in [3.63, 3.8) is 0 Å². The van der Waals surface area contributed by atoms with E-state index < -0.39 is 0 Å². The first-order valence-corrected chi connectivity index (χ1v) is 7.98. The molecule has 0 fully saturated rings. The summed E-state index contributed by atoms with van der Waals surface area (Å²) in [6.07, 6.45) is 1.60. The van der Waals surface area contributed by atoms with E-state index in [4.69, 9.17) is 9.47 Å². The standard InChI is InChI=1S/C20H22N2O4/c1-22(2)20(24)16(21-19(23)15-8-6-5-7-9-15)12-14-10-11-17(25-3)18(13-14)26-4/h5-13H,1-4H3,(H,21,23)/b16-12-. The van der Waals surface area contributed by atoms with Crippen LogP contribution in [0.25, 0.3) is 6.08 Å². The van der Waals surface area contributed by atoms with Gasteiger partial charge in [-0.1, -0.05) is 24.3 Å². The van der Waals surface area contributed by atoms with E-state index in [1.807, 2.05) is 6.07 Å². The summed E-state index contributed by atoms with van der Waals surface area (Å²) in [7, 11) is 6.34. The van der Waals surface area contributed by atoms with Crippen LogP contribution in [0.4, 0.5) is 0 Å². The van der Waals surface area contributed by atoms with Gasteiger partial charge in [0.05, 0.1) is 14.2 Å². The average molecular weight is 354 g/mol. The van der Waals surface area contributed by atoms with E-state index in [-0.39, 0.29) is 17.5 Å². The van der Waals surface area contributed by atoms with E-state index in [0.717, 1.165) is 0 Å². The number of likely N-dealkylation sites (N-methyl/N-ethyl adjacent to an activating group) is 1. The van der Waals surface area contributed by atoms with Gasteiger partial charge in [0.2, 0.25) is 0 Å². The van der Waals surface area contributed by atoms with E-state index in [9.17, 15) is 9.59 Å². The molecule has 0 aromatic heterocycles. The fourth-order valence-corrected chi connectivity index (χ4v) is 2.29. The molecular formula is C20H22N2O4. The average Bonchev–Trinajstić information content (AvgIpc) is 2.67. The van der Waals surface area contributed by atoms with Crippen LogP contribution in [-0.2, 0) is 4.79 Å². The topological polar surface area (TPSA) is 67.9 Å². The molecule has 0 radical (unpaired) electrons. The van der Waals surface area contributed by atoms with E-state index in [1.165, 1.54) is 12.0 Å². The van der Waals surface area contributed by atoms with Gasteiger partial charge in [0.15, 0.2) is 11.5 Å². The van der Waals surface area contributed by atoms with Gasteiger partial charge in [0.1, 0.15) is 5.70 Å². The summed E-state index contributed by atoms with van der Waals surface area (Å²) in [4.78, 5) is 26.3. The van der Waals surface area contributed by atoms with Crippen LogP contribution >= 0.6 is 0 Å². The number of methoxy groups -OCH3 is 2. The van der Waals surface area contributed by atoms with Crippen molar-refractivity contribution in [3.8, 4) is 11.5 Å². The van der Waals surface area contributed by atoms with Crippen LogP contribution in [0.1, 0.15) is 15.9 Å². The van der Waals surface area contributed by atoms with Crippen LogP contribution in [0.3, 0.4) is 0 Å². The lowest BCUT2D eigenvalue weighted by molar-refractivity contribution is -0.124. The number of carbonyl (C=O) groups excluding carboxylic acids is 2. The second-order valence-corrected chi connectivity index (χ2v) is 5.69. The van der Waals surface area contributed by atoms with Gasteiger partial charge in [-0.05, 0) is 35.9 Å². The molecule has 0 bridgehead atoms. The van der Waals surface area contributed by atoms with Gasteiger partial charge in [0.25, 0.3) is 11.8 Å². The molecule has 136 valence electrons. The van der Waals surface area contributed by atoms with Crippen LogP contribution in [0.5, 0.6) is 11.5 Å². The third-order valence-electron chi connectivity index (χ3n) is 3.64. The first-order chi connectivity index (χ1) is 12.5. The number of hydrogen-bond donors (Lipinski definition) is 1. The maximum absolute atomic E-state index is 12.5. The summed E-state index contributed by atoms with van der Waals surface area (Å²) in [5.74, 6) is 0.447. The van der Waals surface area contributed by atoms with Gasteiger partial charge in [0, 0.05) is 19.7 Å². The Bertz CT molecular complexity index is 814. The van der Waals surface area contributed by atoms with Crippen LogP contribution in [0.2, 0.25) is 0 Å². The zero-order valence-corrected chi connectivity index (χ0v) is 15.3. The number of nitrogens with zero attached hydrogens (tertiary/aromatic N) is 1. The van der Waals surface area contributed by atoms with E-state index >= 15 is 0 Å². The number of benzene rings is 2. The minimum atomic E-state index is -0.354. The van der Waals surface area contributed by atoms with Gasteiger partial charge in [-0.2, -0.15) is 0 Å². The molecule has 2 aromatic rings. The molecular weight excluding hydrogens is 332 g/mol. The Kier molecular flexibility index (Phi) is 6.38. The van der Waals surface area contributed by atoms with Crippen LogP contribution < -0.4 is 14.8 Å². The SMILES string of the molecule is COc1ccc(/C=C(\NC(=O)c2ccccc2)C(=O)N(C)C)cc1OC. The summed E-state index contributed by atoms with van der Waals surface area (Å²) in [6.45, 7) is 0. The Morgan fingerprint density at radius 1 is 0.962 bits per heavy atom. The summed E-state index contributed by atoms with van der Waals surface area (Å²) in [6, 6.07) is 14.0. The lowest BCUT2D eigenvalue weighted by Gasteiger charge is -2.15. The molecule has 0 spiro atoms. The Labute approximate surface area is 153 Å². The van der Waals surface area contributed by atoms with Gasteiger partial charge in [-0.25, -0.2) is 0 Å². The molecule has 26 heavy (non-hydrogen) atoms. The third kappa shape index (κ3) is 4.63. The predicted molar refractivity (Wildman–Crippen MR) is 100 cm³/mol. The van der Waals surface area contributed by atoms with Gasteiger partial charge in [-0.3, -0.25) is 9.59 Å². The van der Waals surface area contributed by atoms with Crippen molar-refractivity contribution in [3.05, 3.63) is 65.4 Å². The Morgan fingerprint density at radius 2 is 1.62 bits per heavy atom. The fourth-order valence-electron chi connectivity index (χ4n) is 2.29. The van der Waals surface area contributed by atoms with Crippen molar-refractivity contribution in [2.75, 3.05) is 28.3 Å². The molecule has 0 aliphatic rings. The van der Waals surface area contributed by atoms with Gasteiger partial charge in [-0.15, -0.1) is 0 Å². The highest BCUT2D eigenvalue weighted by Gasteiger charge is 2.16. The highest BCUT2D eigenvalue weighted by Crippen LogP contribution is 2.28. The fraction of sp³-hybridized carbons (Fsp3) is 0.200. The molecule has 0 heterocycles. The molecule has 2 aromatic carbocycles. The first-order valence-electron chi connectivity index (χ1n) is 7.98. The monoisotopic (exact) mass is 354 g/mol. The minimum absolute atomic E-state index is 0.163. The van der Waals surface area contributed by atoms with E-state index in [0.29, 0.717) is 22.6 Å². The molecule has 0 aliphatic carbocycles. The summed E-state index contributed by atoms with van der Waals surface area (Å²) in [5, 5.41) is 2.69. The molecule has 0 saturated carbocycles. The summed E-state index contributed by atoms with van der Waals surface area (Å²) >= 11 is 0. The third-order valence-corrected chi connectivity index (χ3v) is 3.64. The zero-order valence-electron chi connectivity index (χ0n) is 15.3. The highest BCUT2D eigenvalue weighted by atomic mass is 16.5. The lowest BCUT2D eigenvalue weighted by Crippen LogP contribution is -2.34. The number of rotatable bonds is 6. The minimum Gasteiger partial charge on any atom is -0.493 e. The first kappa shape index (κ1) is 19.1.